The molecule has 134 valence electrons. The maximum absolute atomic E-state index is 11.8. The molecule has 1 atom stereocenters. The van der Waals surface area contributed by atoms with Gasteiger partial charge in [-0.2, -0.15) is 0 Å². The smallest absolute Gasteiger partial charge is 0.222 e. The average Bonchev–Trinajstić information content (AvgIpc) is 2.91. The zero-order chi connectivity index (χ0) is 17.7. The summed E-state index contributed by atoms with van der Waals surface area (Å²) >= 11 is 0. The minimum Gasteiger partial charge on any atom is -0.357 e. The number of nitrogens with zero attached hydrogens (tertiary/aromatic N) is 2. The van der Waals surface area contributed by atoms with Gasteiger partial charge < -0.3 is 15.5 Å². The lowest BCUT2D eigenvalue weighted by molar-refractivity contribution is -0.129. The minimum atomic E-state index is -3.18. The van der Waals surface area contributed by atoms with Crippen molar-refractivity contribution in [3.05, 3.63) is 0 Å². The van der Waals surface area contributed by atoms with Crippen LogP contribution in [0, 0.1) is 0 Å². The van der Waals surface area contributed by atoms with Crippen LogP contribution in [-0.4, -0.2) is 68.4 Å². The van der Waals surface area contributed by atoms with Crippen molar-refractivity contribution in [3.63, 3.8) is 0 Å². The highest BCUT2D eigenvalue weighted by Gasteiger charge is 2.30. The molecule has 0 spiro atoms. The van der Waals surface area contributed by atoms with Gasteiger partial charge in [-0.25, -0.2) is 8.42 Å². The number of guanidine groups is 1. The van der Waals surface area contributed by atoms with E-state index in [9.17, 15) is 13.2 Å². The van der Waals surface area contributed by atoms with Crippen molar-refractivity contribution >= 4 is 21.7 Å². The first-order valence-electron chi connectivity index (χ1n) is 8.13. The van der Waals surface area contributed by atoms with E-state index in [1.54, 1.807) is 13.8 Å². The molecule has 1 aliphatic heterocycles. The van der Waals surface area contributed by atoms with Crippen LogP contribution in [0.25, 0.3) is 0 Å². The summed E-state index contributed by atoms with van der Waals surface area (Å²) in [5, 5.41) is 6.43. The van der Waals surface area contributed by atoms with Gasteiger partial charge in [0, 0.05) is 38.4 Å². The quantitative estimate of drug-likeness (QED) is 0.536. The molecule has 2 N–H and O–H groups in total. The number of rotatable bonds is 6. The first-order chi connectivity index (χ1) is 10.6. The number of amides is 1. The molecule has 1 fully saturated rings. The van der Waals surface area contributed by atoms with Crippen molar-refractivity contribution in [1.82, 2.24) is 15.5 Å². The number of hydrogen-bond acceptors (Lipinski definition) is 4. The van der Waals surface area contributed by atoms with E-state index in [1.165, 1.54) is 6.26 Å². The second kappa shape index (κ2) is 7.99. The fourth-order valence-corrected chi connectivity index (χ4v) is 2.53. The Morgan fingerprint density at radius 2 is 2.00 bits per heavy atom. The molecular formula is C15H30N4O3S. The molecule has 0 aliphatic carbocycles. The van der Waals surface area contributed by atoms with Crippen LogP contribution in [0.15, 0.2) is 4.99 Å². The van der Waals surface area contributed by atoms with Crippen molar-refractivity contribution in [3.8, 4) is 0 Å². The first-order valence-corrected chi connectivity index (χ1v) is 10.0. The topological polar surface area (TPSA) is 90.9 Å². The molecular weight excluding hydrogens is 316 g/mol. The molecule has 1 saturated heterocycles. The van der Waals surface area contributed by atoms with Crippen LogP contribution in [0.2, 0.25) is 0 Å². The number of nitrogens with one attached hydrogen (secondary N) is 2. The molecule has 1 aliphatic rings. The van der Waals surface area contributed by atoms with E-state index >= 15 is 0 Å². The molecule has 0 aromatic carbocycles. The monoisotopic (exact) mass is 346 g/mol. The van der Waals surface area contributed by atoms with E-state index in [-0.39, 0.29) is 18.5 Å². The lowest BCUT2D eigenvalue weighted by Crippen LogP contribution is -2.46. The third kappa shape index (κ3) is 5.67. The predicted molar refractivity (Wildman–Crippen MR) is 93.3 cm³/mol. The Bertz CT molecular complexity index is 543. The Labute approximate surface area is 139 Å². The van der Waals surface area contributed by atoms with E-state index in [0.29, 0.717) is 25.5 Å². The van der Waals surface area contributed by atoms with Crippen molar-refractivity contribution in [2.45, 2.75) is 51.3 Å². The van der Waals surface area contributed by atoms with E-state index in [0.717, 1.165) is 13.0 Å². The molecule has 1 rings (SSSR count). The van der Waals surface area contributed by atoms with E-state index in [1.807, 2.05) is 18.7 Å². The fourth-order valence-electron chi connectivity index (χ4n) is 2.23. The minimum absolute atomic E-state index is 0.143. The number of aliphatic imine (C=N–C) groups is 1. The summed E-state index contributed by atoms with van der Waals surface area (Å²) in [5.74, 6) is 0.759. The van der Waals surface area contributed by atoms with Gasteiger partial charge >= 0.3 is 0 Å². The van der Waals surface area contributed by atoms with E-state index in [2.05, 4.69) is 15.6 Å². The molecule has 1 amide bonds. The maximum Gasteiger partial charge on any atom is 0.222 e. The summed E-state index contributed by atoms with van der Waals surface area (Å²) in [4.78, 5) is 18.0. The Kier molecular flexibility index (Phi) is 6.85. The Hall–Kier alpha value is -1.31. The molecule has 0 aromatic heterocycles. The first kappa shape index (κ1) is 19.7. The Balaban J connectivity index is 2.69. The molecule has 0 bridgehead atoms. The molecule has 1 heterocycles. The summed E-state index contributed by atoms with van der Waals surface area (Å²) < 4.78 is 22.6. The second-order valence-corrected chi connectivity index (χ2v) is 9.20. The van der Waals surface area contributed by atoms with Gasteiger partial charge in [0.15, 0.2) is 15.8 Å². The van der Waals surface area contributed by atoms with Crippen LogP contribution in [0.3, 0.4) is 0 Å². The lowest BCUT2D eigenvalue weighted by atomic mass is 10.2. The Morgan fingerprint density at radius 3 is 2.52 bits per heavy atom. The number of carbonyl (C=O) groups is 1. The highest BCUT2D eigenvalue weighted by atomic mass is 32.2. The zero-order valence-corrected chi connectivity index (χ0v) is 15.7. The van der Waals surface area contributed by atoms with Crippen molar-refractivity contribution < 1.29 is 13.2 Å². The standard InChI is InChI=1S/C15H30N4O3S/c1-6-13(20)19-9-8-12(10-19)18-14(16-7-2)17-11-15(3,4)23(5,21)22/h12H,6-11H2,1-5H3,(H2,16,17,18). The molecule has 0 aromatic rings. The number of sulfone groups is 1. The van der Waals surface area contributed by atoms with E-state index < -0.39 is 14.6 Å². The molecule has 23 heavy (non-hydrogen) atoms. The summed E-state index contributed by atoms with van der Waals surface area (Å²) in [6.45, 7) is 9.45. The molecule has 1 unspecified atom stereocenters. The summed E-state index contributed by atoms with van der Waals surface area (Å²) in [6.07, 6.45) is 2.61. The molecule has 0 saturated carbocycles. The fraction of sp³-hybridized carbons (Fsp3) is 0.867. The summed E-state index contributed by atoms with van der Waals surface area (Å²) in [7, 11) is -3.18. The van der Waals surface area contributed by atoms with E-state index in [4.69, 9.17) is 0 Å². The molecule has 8 heteroatoms. The maximum atomic E-state index is 11.8. The van der Waals surface area contributed by atoms with Gasteiger partial charge in [-0.1, -0.05) is 6.92 Å². The van der Waals surface area contributed by atoms with Gasteiger partial charge in [-0.05, 0) is 27.2 Å². The van der Waals surface area contributed by atoms with Crippen molar-refractivity contribution in [2.24, 2.45) is 4.99 Å². The van der Waals surface area contributed by atoms with Crippen LogP contribution in [-0.2, 0) is 14.6 Å². The highest BCUT2D eigenvalue weighted by molar-refractivity contribution is 7.92. The third-order valence-electron chi connectivity index (χ3n) is 4.15. The molecule has 7 nitrogen and oxygen atoms in total. The summed E-state index contributed by atoms with van der Waals surface area (Å²) in [5.41, 5.74) is 0. The van der Waals surface area contributed by atoms with Crippen molar-refractivity contribution in [1.29, 1.82) is 0 Å². The SMILES string of the molecule is CCNC(=NCC(C)(C)S(C)(=O)=O)NC1CCN(C(=O)CC)C1. The van der Waals surface area contributed by atoms with Gasteiger partial charge in [0.25, 0.3) is 0 Å². The van der Waals surface area contributed by atoms with Crippen LogP contribution in [0.5, 0.6) is 0 Å². The Morgan fingerprint density at radius 1 is 1.35 bits per heavy atom. The normalized spacial score (nSPS) is 19.8. The number of carbonyl (C=O) groups excluding carboxylic acids is 1. The molecule has 0 radical (unpaired) electrons. The van der Waals surface area contributed by atoms with Gasteiger partial charge in [-0.15, -0.1) is 0 Å². The van der Waals surface area contributed by atoms with Gasteiger partial charge in [0.1, 0.15) is 0 Å². The lowest BCUT2D eigenvalue weighted by Gasteiger charge is -2.22. The average molecular weight is 346 g/mol. The summed E-state index contributed by atoms with van der Waals surface area (Å²) in [6, 6.07) is 0.143. The van der Waals surface area contributed by atoms with Crippen LogP contribution < -0.4 is 10.6 Å². The number of likely N-dealkylation sites (tertiary alicyclic amines) is 1. The van der Waals surface area contributed by atoms with Gasteiger partial charge in [-0.3, -0.25) is 9.79 Å². The van der Waals surface area contributed by atoms with Crippen LogP contribution in [0.1, 0.15) is 40.5 Å². The highest BCUT2D eigenvalue weighted by Crippen LogP contribution is 2.15. The van der Waals surface area contributed by atoms with Crippen LogP contribution >= 0.6 is 0 Å². The number of hydrogen-bond donors (Lipinski definition) is 2. The van der Waals surface area contributed by atoms with Gasteiger partial charge in [0.05, 0.1) is 11.3 Å². The predicted octanol–water partition coefficient (Wildman–Crippen LogP) is 0.376. The van der Waals surface area contributed by atoms with Gasteiger partial charge in [0.2, 0.25) is 5.91 Å². The van der Waals surface area contributed by atoms with Crippen molar-refractivity contribution in [2.75, 3.05) is 32.4 Å². The zero-order valence-electron chi connectivity index (χ0n) is 14.8. The second-order valence-electron chi connectivity index (χ2n) is 6.55. The largest absolute Gasteiger partial charge is 0.357 e. The van der Waals surface area contributed by atoms with Crippen LogP contribution in [0.4, 0.5) is 0 Å². The third-order valence-corrected chi connectivity index (χ3v) is 6.29.